The number of aromatic nitrogens is 2. The first-order valence-corrected chi connectivity index (χ1v) is 14.8. The monoisotopic (exact) mass is 588 g/mol. The number of para-hydroxylation sites is 2. The van der Waals surface area contributed by atoms with Crippen molar-refractivity contribution < 1.29 is 14.3 Å². The molecule has 2 aromatic carbocycles. The van der Waals surface area contributed by atoms with E-state index in [1.165, 1.54) is 0 Å². The van der Waals surface area contributed by atoms with Crippen LogP contribution in [0.4, 0.5) is 11.4 Å². The number of nitrogens with zero attached hydrogens (tertiary/aromatic N) is 4. The first-order valence-electron chi connectivity index (χ1n) is 13.8. The van der Waals surface area contributed by atoms with E-state index in [4.69, 9.17) is 27.9 Å². The molecule has 0 aliphatic heterocycles. The number of hydrogen-bond acceptors (Lipinski definition) is 4. The molecule has 1 heterocycles. The molecule has 40 heavy (non-hydrogen) atoms. The fourth-order valence-electron chi connectivity index (χ4n) is 4.40. The molecule has 0 radical (unpaired) electrons. The minimum Gasteiger partial charge on any atom is -0.361 e. The summed E-state index contributed by atoms with van der Waals surface area (Å²) < 4.78 is 7.36. The average molecular weight is 590 g/mol. The van der Waals surface area contributed by atoms with E-state index in [9.17, 15) is 9.59 Å². The van der Waals surface area contributed by atoms with Gasteiger partial charge >= 0.3 is 0 Å². The van der Waals surface area contributed by atoms with Crippen LogP contribution in [0.5, 0.6) is 0 Å². The second kappa shape index (κ2) is 17.7. The molecule has 3 aromatic rings. The lowest BCUT2D eigenvalue weighted by Gasteiger charge is -2.26. The van der Waals surface area contributed by atoms with Crippen molar-refractivity contribution in [2.75, 3.05) is 34.9 Å². The van der Waals surface area contributed by atoms with Crippen LogP contribution >= 0.6 is 23.2 Å². The van der Waals surface area contributed by atoms with E-state index >= 15 is 0 Å². The highest BCUT2D eigenvalue weighted by Gasteiger charge is 2.21. The molecule has 9 heteroatoms. The van der Waals surface area contributed by atoms with Gasteiger partial charge in [-0.3, -0.25) is 24.1 Å². The number of halogens is 2. The molecule has 0 atom stereocenters. The van der Waals surface area contributed by atoms with E-state index in [2.05, 4.69) is 38.0 Å². The van der Waals surface area contributed by atoms with Crippen LogP contribution in [0.15, 0.2) is 54.9 Å². The van der Waals surface area contributed by atoms with E-state index in [-0.39, 0.29) is 30.3 Å². The fraction of sp³-hybridized carbons (Fsp3) is 0.452. The molecule has 0 fully saturated rings. The quantitative estimate of drug-likeness (QED) is 0.124. The molecule has 0 saturated carbocycles. The summed E-state index contributed by atoms with van der Waals surface area (Å²) in [6.07, 6.45) is 7.35. The first-order chi connectivity index (χ1) is 19.3. The molecular weight excluding hydrogens is 547 g/mol. The number of benzene rings is 2. The van der Waals surface area contributed by atoms with Gasteiger partial charge in [0.05, 0.1) is 11.4 Å². The number of anilines is 2. The largest absolute Gasteiger partial charge is 0.361 e. The van der Waals surface area contributed by atoms with E-state index in [1.54, 1.807) is 20.7 Å². The lowest BCUT2D eigenvalue weighted by atomic mass is 10.0. The van der Waals surface area contributed by atoms with Gasteiger partial charge in [0.25, 0.3) is 0 Å². The third kappa shape index (κ3) is 9.36. The number of rotatable bonds is 13. The van der Waals surface area contributed by atoms with E-state index < -0.39 is 0 Å². The number of unbranched alkanes of at least 4 members (excludes halogenated alkanes) is 1. The summed E-state index contributed by atoms with van der Waals surface area (Å²) >= 11 is 11.5. The Morgan fingerprint density at radius 3 is 1.93 bits per heavy atom. The van der Waals surface area contributed by atoms with Gasteiger partial charge in [-0.15, -0.1) is 23.2 Å². The van der Waals surface area contributed by atoms with Crippen LogP contribution in [0.2, 0.25) is 0 Å². The van der Waals surface area contributed by atoms with Crippen molar-refractivity contribution in [2.45, 2.75) is 67.0 Å². The third-order valence-corrected chi connectivity index (χ3v) is 6.94. The predicted octanol–water partition coefficient (Wildman–Crippen LogP) is 6.89. The molecule has 0 aliphatic carbocycles. The molecule has 218 valence electrons. The normalized spacial score (nSPS) is 10.6. The molecule has 2 amide bonds. The molecule has 0 bridgehead atoms. The van der Waals surface area contributed by atoms with Gasteiger partial charge in [-0.05, 0) is 61.4 Å². The van der Waals surface area contributed by atoms with Crippen LogP contribution in [-0.4, -0.2) is 46.7 Å². The minimum atomic E-state index is -0.130. The average Bonchev–Trinajstić information content (AvgIpc) is 3.49. The zero-order valence-electron chi connectivity index (χ0n) is 24.3. The third-order valence-electron chi connectivity index (χ3n) is 6.48. The molecule has 0 aliphatic rings. The van der Waals surface area contributed by atoms with Crippen molar-refractivity contribution in [3.05, 3.63) is 77.1 Å². The standard InChI is InChI=1S/C17H26ClNO2.C14H16ClN3O/c1-4-7-11-21-13-19(16(20)12-18)17-14(5-2)9-8-10-15(17)6-3;1-11-5-3-6-12(2)14(11)18(13(19)9-15)10-17-8-4-7-16-17/h8-10H,4-7,11-13H2,1-3H3;3-8H,9-10H2,1-2H3. The highest BCUT2D eigenvalue weighted by atomic mass is 35.5. The van der Waals surface area contributed by atoms with Crippen LogP contribution in [-0.2, 0) is 33.8 Å². The summed E-state index contributed by atoms with van der Waals surface area (Å²) in [4.78, 5) is 27.7. The molecule has 3 rings (SSSR count). The van der Waals surface area contributed by atoms with Crippen LogP contribution in [0, 0.1) is 13.8 Å². The lowest BCUT2D eigenvalue weighted by Crippen LogP contribution is -2.35. The van der Waals surface area contributed by atoms with Crippen molar-refractivity contribution in [1.82, 2.24) is 9.78 Å². The van der Waals surface area contributed by atoms with Gasteiger partial charge < -0.3 is 4.74 Å². The maximum absolute atomic E-state index is 12.2. The lowest BCUT2D eigenvalue weighted by molar-refractivity contribution is -0.118. The predicted molar refractivity (Wildman–Crippen MR) is 165 cm³/mol. The molecule has 1 aromatic heterocycles. The van der Waals surface area contributed by atoms with Crippen LogP contribution in [0.25, 0.3) is 0 Å². The van der Waals surface area contributed by atoms with Crippen molar-refractivity contribution >= 4 is 46.4 Å². The van der Waals surface area contributed by atoms with Gasteiger partial charge in [0, 0.05) is 19.0 Å². The highest BCUT2D eigenvalue weighted by Crippen LogP contribution is 2.28. The van der Waals surface area contributed by atoms with Gasteiger partial charge in [0.15, 0.2) is 0 Å². The second-order valence-corrected chi connectivity index (χ2v) is 9.90. The SMILES string of the molecule is CCCCOCN(C(=O)CCl)c1c(CC)cccc1CC.Cc1cccc(C)c1N(Cn1cccn1)C(=O)CCl. The molecular formula is C31H42Cl2N4O3. The minimum absolute atomic E-state index is 0.0294. The van der Waals surface area contributed by atoms with E-state index in [0.29, 0.717) is 13.3 Å². The summed E-state index contributed by atoms with van der Waals surface area (Å²) in [5, 5.41) is 4.14. The van der Waals surface area contributed by atoms with Crippen LogP contribution < -0.4 is 9.80 Å². The topological polar surface area (TPSA) is 67.7 Å². The fourth-order valence-corrected chi connectivity index (χ4v) is 4.69. The highest BCUT2D eigenvalue weighted by molar-refractivity contribution is 6.29. The summed E-state index contributed by atoms with van der Waals surface area (Å²) in [6.45, 7) is 11.6. The number of aryl methyl sites for hydroxylation is 4. The molecule has 0 saturated heterocycles. The smallest absolute Gasteiger partial charge is 0.243 e. The maximum Gasteiger partial charge on any atom is 0.243 e. The Labute approximate surface area is 249 Å². The summed E-state index contributed by atoms with van der Waals surface area (Å²) in [6, 6.07) is 14.0. The second-order valence-electron chi connectivity index (χ2n) is 9.36. The number of hydrogen-bond donors (Lipinski definition) is 0. The zero-order valence-corrected chi connectivity index (χ0v) is 25.8. The Kier molecular flexibility index (Phi) is 14.8. The van der Waals surface area contributed by atoms with Gasteiger partial charge in [-0.25, -0.2) is 0 Å². The van der Waals surface area contributed by atoms with Gasteiger partial charge in [-0.1, -0.05) is 63.6 Å². The molecule has 7 nitrogen and oxygen atoms in total. The van der Waals surface area contributed by atoms with Crippen LogP contribution in [0.3, 0.4) is 0 Å². The van der Waals surface area contributed by atoms with E-state index in [1.807, 2.05) is 50.4 Å². The van der Waals surface area contributed by atoms with E-state index in [0.717, 1.165) is 59.3 Å². The Bertz CT molecular complexity index is 1160. The van der Waals surface area contributed by atoms with Crippen molar-refractivity contribution in [3.63, 3.8) is 0 Å². The Morgan fingerprint density at radius 1 is 0.850 bits per heavy atom. The van der Waals surface area contributed by atoms with Gasteiger partial charge in [0.1, 0.15) is 25.2 Å². The molecule has 0 unspecified atom stereocenters. The number of carbonyl (C=O) groups is 2. The zero-order chi connectivity index (χ0) is 29.5. The number of ether oxygens (including phenoxy) is 1. The Hall–Kier alpha value is -2.87. The maximum atomic E-state index is 12.2. The van der Waals surface area contributed by atoms with Crippen molar-refractivity contribution in [3.8, 4) is 0 Å². The Balaban J connectivity index is 0.000000281. The summed E-state index contributed by atoms with van der Waals surface area (Å²) in [5.41, 5.74) is 6.29. The van der Waals surface area contributed by atoms with Crippen molar-refractivity contribution in [1.29, 1.82) is 0 Å². The first kappa shape index (κ1) is 33.3. The number of alkyl halides is 2. The van der Waals surface area contributed by atoms with Crippen LogP contribution in [0.1, 0.15) is 55.9 Å². The van der Waals surface area contributed by atoms with Gasteiger partial charge in [-0.2, -0.15) is 5.10 Å². The van der Waals surface area contributed by atoms with Gasteiger partial charge in [0.2, 0.25) is 11.8 Å². The number of carbonyl (C=O) groups excluding carboxylic acids is 2. The summed E-state index contributed by atoms with van der Waals surface area (Å²) in [7, 11) is 0. The molecule has 0 spiro atoms. The van der Waals surface area contributed by atoms with Crippen molar-refractivity contribution in [2.24, 2.45) is 0 Å². The summed E-state index contributed by atoms with van der Waals surface area (Å²) in [5.74, 6) is -0.314. The Morgan fingerprint density at radius 2 is 1.43 bits per heavy atom. The molecule has 0 N–H and O–H groups in total. The number of amides is 2.